The van der Waals surface area contributed by atoms with Gasteiger partial charge in [0.1, 0.15) is 17.5 Å². The Labute approximate surface area is 125 Å². The van der Waals surface area contributed by atoms with Crippen LogP contribution in [0.4, 0.5) is 11.8 Å². The zero-order chi connectivity index (χ0) is 15.5. The van der Waals surface area contributed by atoms with Gasteiger partial charge in [-0.25, -0.2) is 4.98 Å². The van der Waals surface area contributed by atoms with Crippen LogP contribution in [-0.2, 0) is 0 Å². The maximum atomic E-state index is 9.83. The highest BCUT2D eigenvalue weighted by molar-refractivity contribution is 5.50. The number of rotatable bonds is 4. The minimum Gasteiger partial charge on any atom is -0.396 e. The molecule has 7 heteroatoms. The molecule has 0 amide bonds. The van der Waals surface area contributed by atoms with Gasteiger partial charge in [-0.15, -0.1) is 0 Å². The summed E-state index contributed by atoms with van der Waals surface area (Å²) in [5, 5.41) is 18.7. The van der Waals surface area contributed by atoms with Crippen LogP contribution in [0.15, 0.2) is 6.20 Å². The van der Waals surface area contributed by atoms with Crippen molar-refractivity contribution in [1.29, 1.82) is 5.26 Å². The number of piperidine rings is 1. The zero-order valence-electron chi connectivity index (χ0n) is 12.6. The number of nitriles is 1. The average Bonchev–Trinajstić information content (AvgIpc) is 2.46. The van der Waals surface area contributed by atoms with Crippen LogP contribution >= 0.6 is 0 Å². The largest absolute Gasteiger partial charge is 0.396 e. The van der Waals surface area contributed by atoms with E-state index in [1.807, 2.05) is 25.1 Å². The van der Waals surface area contributed by atoms with E-state index in [4.69, 9.17) is 11.0 Å². The molecule has 0 radical (unpaired) electrons. The lowest BCUT2D eigenvalue weighted by Gasteiger charge is -2.43. The summed E-state index contributed by atoms with van der Waals surface area (Å²) in [5.74, 6) is 0.734. The van der Waals surface area contributed by atoms with Crippen LogP contribution in [0.3, 0.4) is 0 Å². The molecule has 1 aliphatic heterocycles. The first-order valence-electron chi connectivity index (χ1n) is 7.03. The lowest BCUT2D eigenvalue weighted by atomic mass is 9.80. The minimum atomic E-state index is -0.173. The van der Waals surface area contributed by atoms with Gasteiger partial charge in [-0.3, -0.25) is 0 Å². The predicted octanol–water partition coefficient (Wildman–Crippen LogP) is 0.0710. The summed E-state index contributed by atoms with van der Waals surface area (Å²) in [6.07, 6.45) is 3.40. The van der Waals surface area contributed by atoms with E-state index in [1.54, 1.807) is 0 Å². The van der Waals surface area contributed by atoms with Crippen LogP contribution in [-0.4, -0.2) is 60.3 Å². The highest BCUT2D eigenvalue weighted by Crippen LogP contribution is 2.32. The number of nitrogen functional groups attached to an aromatic ring is 1. The third-order valence-corrected chi connectivity index (χ3v) is 3.86. The second-order valence-corrected chi connectivity index (χ2v) is 6.00. The van der Waals surface area contributed by atoms with Crippen LogP contribution in [0.2, 0.25) is 0 Å². The van der Waals surface area contributed by atoms with Crippen molar-refractivity contribution in [3.05, 3.63) is 11.8 Å². The second kappa shape index (κ2) is 6.24. The fraction of sp³-hybridized carbons (Fsp3) is 0.643. The molecule has 0 saturated carbocycles. The van der Waals surface area contributed by atoms with Gasteiger partial charge < -0.3 is 20.6 Å². The molecule has 0 aromatic carbocycles. The Morgan fingerprint density at radius 1 is 1.57 bits per heavy atom. The Hall–Kier alpha value is -1.91. The summed E-state index contributed by atoms with van der Waals surface area (Å²) in [5.41, 5.74) is 5.88. The average molecular weight is 290 g/mol. The SMILES string of the molecule is CN(C)CC1(CO)CCCN(c2ncc(C#N)c(N)n2)C1. The highest BCUT2D eigenvalue weighted by atomic mass is 16.3. The van der Waals surface area contributed by atoms with Gasteiger partial charge in [0.15, 0.2) is 0 Å². The third-order valence-electron chi connectivity index (χ3n) is 3.86. The number of aromatic nitrogens is 2. The minimum absolute atomic E-state index is 0.132. The molecule has 1 saturated heterocycles. The number of nitrogens with zero attached hydrogens (tertiary/aromatic N) is 5. The summed E-state index contributed by atoms with van der Waals surface area (Å²) in [4.78, 5) is 12.6. The molecule has 1 aromatic rings. The Morgan fingerprint density at radius 2 is 2.33 bits per heavy atom. The summed E-state index contributed by atoms with van der Waals surface area (Å²) >= 11 is 0. The molecule has 1 unspecified atom stereocenters. The summed E-state index contributed by atoms with van der Waals surface area (Å²) in [6, 6.07) is 1.96. The van der Waals surface area contributed by atoms with Crippen LogP contribution in [0.1, 0.15) is 18.4 Å². The van der Waals surface area contributed by atoms with Crippen molar-refractivity contribution in [3.63, 3.8) is 0 Å². The lowest BCUT2D eigenvalue weighted by Crippen LogP contribution is -2.50. The first-order valence-corrected chi connectivity index (χ1v) is 7.03. The van der Waals surface area contributed by atoms with Crippen molar-refractivity contribution >= 4 is 11.8 Å². The monoisotopic (exact) mass is 290 g/mol. The summed E-state index contributed by atoms with van der Waals surface area (Å²) in [6.45, 7) is 2.47. The van der Waals surface area contributed by atoms with Crippen molar-refractivity contribution in [2.75, 3.05) is 51.0 Å². The van der Waals surface area contributed by atoms with E-state index < -0.39 is 0 Å². The summed E-state index contributed by atoms with van der Waals surface area (Å²) in [7, 11) is 4.01. The molecule has 0 aliphatic carbocycles. The molecule has 2 rings (SSSR count). The maximum absolute atomic E-state index is 9.83. The van der Waals surface area contributed by atoms with Gasteiger partial charge in [0.25, 0.3) is 0 Å². The van der Waals surface area contributed by atoms with Crippen LogP contribution < -0.4 is 10.6 Å². The van der Waals surface area contributed by atoms with E-state index in [1.165, 1.54) is 6.20 Å². The van der Waals surface area contributed by atoms with Gasteiger partial charge >= 0.3 is 0 Å². The molecule has 3 N–H and O–H groups in total. The second-order valence-electron chi connectivity index (χ2n) is 6.00. The van der Waals surface area contributed by atoms with Crippen molar-refractivity contribution in [1.82, 2.24) is 14.9 Å². The molecular formula is C14H22N6O. The van der Waals surface area contributed by atoms with Gasteiger partial charge in [0.05, 0.1) is 12.8 Å². The first-order chi connectivity index (χ1) is 9.99. The number of anilines is 2. The molecule has 7 nitrogen and oxygen atoms in total. The maximum Gasteiger partial charge on any atom is 0.227 e. The zero-order valence-corrected chi connectivity index (χ0v) is 12.6. The van der Waals surface area contributed by atoms with E-state index in [0.29, 0.717) is 12.5 Å². The third kappa shape index (κ3) is 3.40. The number of hydrogen-bond acceptors (Lipinski definition) is 7. The van der Waals surface area contributed by atoms with Crippen molar-refractivity contribution in [2.24, 2.45) is 5.41 Å². The molecule has 1 fully saturated rings. The molecule has 21 heavy (non-hydrogen) atoms. The van der Waals surface area contributed by atoms with Crippen molar-refractivity contribution < 1.29 is 5.11 Å². The molecule has 0 spiro atoms. The number of aliphatic hydroxyl groups excluding tert-OH is 1. The predicted molar refractivity (Wildman–Crippen MR) is 80.7 cm³/mol. The van der Waals surface area contributed by atoms with Gasteiger partial charge in [0, 0.05) is 25.0 Å². The van der Waals surface area contributed by atoms with Crippen LogP contribution in [0.5, 0.6) is 0 Å². The van der Waals surface area contributed by atoms with E-state index in [-0.39, 0.29) is 23.4 Å². The standard InChI is InChI=1S/C14H22N6O/c1-19(2)8-14(10-21)4-3-5-20(9-14)13-17-7-11(6-15)12(16)18-13/h7,21H,3-5,8-10H2,1-2H3,(H2,16,17,18). The normalized spacial score (nSPS) is 22.3. The molecule has 2 heterocycles. The van der Waals surface area contributed by atoms with Gasteiger partial charge in [-0.1, -0.05) is 0 Å². The van der Waals surface area contributed by atoms with E-state index >= 15 is 0 Å². The number of nitrogens with two attached hydrogens (primary N) is 1. The molecule has 0 bridgehead atoms. The fourth-order valence-electron chi connectivity index (χ4n) is 2.98. The quantitative estimate of drug-likeness (QED) is 0.809. The summed E-state index contributed by atoms with van der Waals surface area (Å²) < 4.78 is 0. The van der Waals surface area contributed by atoms with Crippen molar-refractivity contribution in [3.8, 4) is 6.07 Å². The smallest absolute Gasteiger partial charge is 0.227 e. The van der Waals surface area contributed by atoms with Gasteiger partial charge in [-0.05, 0) is 26.9 Å². The molecule has 1 atom stereocenters. The highest BCUT2D eigenvalue weighted by Gasteiger charge is 2.36. The Kier molecular flexibility index (Phi) is 4.60. The van der Waals surface area contributed by atoms with Gasteiger partial charge in [-0.2, -0.15) is 10.2 Å². The molecular weight excluding hydrogens is 268 g/mol. The van der Waals surface area contributed by atoms with E-state index in [2.05, 4.69) is 14.9 Å². The molecule has 114 valence electrons. The topological polar surface area (TPSA) is 102 Å². The number of hydrogen-bond donors (Lipinski definition) is 2. The number of aliphatic hydroxyl groups is 1. The Bertz CT molecular complexity index is 541. The van der Waals surface area contributed by atoms with Gasteiger partial charge in [0.2, 0.25) is 5.95 Å². The van der Waals surface area contributed by atoms with E-state index in [0.717, 1.165) is 25.9 Å². The Morgan fingerprint density at radius 3 is 2.90 bits per heavy atom. The molecule has 1 aromatic heterocycles. The van der Waals surface area contributed by atoms with E-state index in [9.17, 15) is 5.11 Å². The fourth-order valence-corrected chi connectivity index (χ4v) is 2.98. The Balaban J connectivity index is 2.21. The van der Waals surface area contributed by atoms with Crippen LogP contribution in [0, 0.1) is 16.7 Å². The first kappa shape index (κ1) is 15.5. The van der Waals surface area contributed by atoms with Crippen molar-refractivity contribution in [2.45, 2.75) is 12.8 Å². The lowest BCUT2D eigenvalue weighted by molar-refractivity contribution is 0.0758. The molecule has 1 aliphatic rings. The van der Waals surface area contributed by atoms with Crippen LogP contribution in [0.25, 0.3) is 0 Å².